The highest BCUT2D eigenvalue weighted by Gasteiger charge is 2.37. The average Bonchev–Trinajstić information content (AvgIpc) is 1.78. The Hall–Kier alpha value is 0.100. The van der Waals surface area contributed by atoms with Crippen molar-refractivity contribution >= 4 is 15.3 Å². The first kappa shape index (κ1) is 11.2. The second kappa shape index (κ2) is 3.69. The molecule has 0 aromatic carbocycles. The summed E-state index contributed by atoms with van der Waals surface area (Å²) in [6.45, 7) is 14.1. The first-order valence-corrected chi connectivity index (χ1v) is 6.06. The number of nitrogens with zero attached hydrogens (tertiary/aromatic N) is 1. The molecule has 1 fully saturated rings. The van der Waals surface area contributed by atoms with E-state index in [1.807, 2.05) is 0 Å². The largest absolute Gasteiger partial charge is 0.301 e. The van der Waals surface area contributed by atoms with E-state index < -0.39 is 0 Å². The van der Waals surface area contributed by atoms with Gasteiger partial charge in [-0.05, 0) is 35.8 Å². The zero-order chi connectivity index (χ0) is 10.1. The van der Waals surface area contributed by atoms with E-state index >= 15 is 0 Å². The average molecular weight is 199 g/mol. The molecule has 0 radical (unpaired) electrons. The Bertz CT molecular complexity index is 180. The summed E-state index contributed by atoms with van der Waals surface area (Å²) < 4.78 is 0. The van der Waals surface area contributed by atoms with Gasteiger partial charge >= 0.3 is 0 Å². The molecule has 1 saturated heterocycles. The highest BCUT2D eigenvalue weighted by molar-refractivity contribution is 7.41. The van der Waals surface area contributed by atoms with Crippen molar-refractivity contribution in [3.63, 3.8) is 0 Å². The molecule has 0 aromatic heterocycles. The Morgan fingerprint density at radius 1 is 1.23 bits per heavy atom. The van der Waals surface area contributed by atoms with Crippen LogP contribution in [0.4, 0.5) is 0 Å². The van der Waals surface area contributed by atoms with Gasteiger partial charge in [0, 0.05) is 6.54 Å². The van der Waals surface area contributed by atoms with Crippen molar-refractivity contribution in [2.45, 2.75) is 50.8 Å². The molecule has 0 bridgehead atoms. The molecule has 0 saturated carbocycles. The summed E-state index contributed by atoms with van der Waals surface area (Å²) in [5.41, 5.74) is 0. The lowest BCUT2D eigenvalue weighted by atomic mass is 9.87. The molecule has 1 rings (SSSR count). The van der Waals surface area contributed by atoms with E-state index in [4.69, 9.17) is 0 Å². The molecule has 0 aliphatic carbocycles. The minimum Gasteiger partial charge on any atom is -0.301 e. The van der Waals surface area contributed by atoms with Gasteiger partial charge < -0.3 is 4.99 Å². The molecule has 2 heteroatoms. The maximum absolute atomic E-state index is 4.04. The van der Waals surface area contributed by atoms with Crippen LogP contribution < -0.4 is 0 Å². The van der Waals surface area contributed by atoms with Crippen LogP contribution in [0, 0.1) is 5.92 Å². The Kier molecular flexibility index (Phi) is 3.17. The van der Waals surface area contributed by atoms with Gasteiger partial charge in [0.25, 0.3) is 0 Å². The van der Waals surface area contributed by atoms with E-state index in [0.29, 0.717) is 10.3 Å². The molecule has 76 valence electrons. The number of aliphatic imine (C=N–C) groups is 1. The molecule has 0 amide bonds. The maximum atomic E-state index is 4.04. The Balaban J connectivity index is 2.66. The van der Waals surface area contributed by atoms with Crippen LogP contribution in [0.2, 0.25) is 0 Å². The van der Waals surface area contributed by atoms with Gasteiger partial charge in [0.05, 0.1) is 0 Å². The summed E-state index contributed by atoms with van der Waals surface area (Å²) in [4.78, 5) is 4.04. The zero-order valence-corrected chi connectivity index (χ0v) is 10.4. The second-order valence-electron chi connectivity index (χ2n) is 5.57. The van der Waals surface area contributed by atoms with Crippen LogP contribution in [0.15, 0.2) is 4.99 Å². The molecular weight excluding hydrogens is 177 g/mol. The van der Waals surface area contributed by atoms with Crippen molar-refractivity contribution in [3.05, 3.63) is 0 Å². The van der Waals surface area contributed by atoms with Crippen molar-refractivity contribution in [2.75, 3.05) is 6.54 Å². The van der Waals surface area contributed by atoms with E-state index in [2.05, 4.69) is 39.4 Å². The molecule has 0 aromatic rings. The molecule has 1 aliphatic rings. The Labute approximate surface area is 84.2 Å². The third-order valence-corrected chi connectivity index (χ3v) is 4.42. The molecule has 0 N–H and O–H groups in total. The summed E-state index contributed by atoms with van der Waals surface area (Å²) in [6, 6.07) is 0. The van der Waals surface area contributed by atoms with Crippen molar-refractivity contribution in [3.8, 4) is 0 Å². The van der Waals surface area contributed by atoms with Crippen LogP contribution in [0.3, 0.4) is 0 Å². The van der Waals surface area contributed by atoms with Crippen molar-refractivity contribution in [1.29, 1.82) is 0 Å². The molecule has 1 heterocycles. The quantitative estimate of drug-likeness (QED) is 0.478. The van der Waals surface area contributed by atoms with Crippen LogP contribution >= 0.6 is 8.58 Å². The maximum Gasteiger partial charge on any atom is 0.0411 e. The van der Waals surface area contributed by atoms with Gasteiger partial charge in [-0.15, -0.1) is 8.58 Å². The SMILES string of the molecule is C=NCC1CC(C)(C)PC(C)(C)C1. The Morgan fingerprint density at radius 2 is 1.69 bits per heavy atom. The summed E-state index contributed by atoms with van der Waals surface area (Å²) in [5, 5.41) is 1.05. The molecule has 0 atom stereocenters. The van der Waals surface area contributed by atoms with Crippen LogP contribution in [0.25, 0.3) is 0 Å². The minimum atomic E-state index is 0.525. The molecule has 0 unspecified atom stereocenters. The fourth-order valence-corrected chi connectivity index (χ4v) is 5.46. The third kappa shape index (κ3) is 3.38. The standard InChI is InChI=1S/C11H22NP/c1-10(2)6-9(8-12-5)7-11(3,4)13-10/h9,13H,5-8H2,1-4H3. The Morgan fingerprint density at radius 3 is 2.08 bits per heavy atom. The predicted octanol–water partition coefficient (Wildman–Crippen LogP) is 3.33. The molecule has 13 heavy (non-hydrogen) atoms. The topological polar surface area (TPSA) is 12.4 Å². The van der Waals surface area contributed by atoms with E-state index in [9.17, 15) is 0 Å². The van der Waals surface area contributed by atoms with Gasteiger partial charge in [-0.3, -0.25) is 0 Å². The normalized spacial score (nSPS) is 33.1. The lowest BCUT2D eigenvalue weighted by Crippen LogP contribution is -2.35. The molecule has 0 spiro atoms. The van der Waals surface area contributed by atoms with E-state index in [-0.39, 0.29) is 0 Å². The molecular formula is C11H22NP. The fourth-order valence-electron chi connectivity index (χ4n) is 2.85. The highest BCUT2D eigenvalue weighted by atomic mass is 31.1. The van der Waals surface area contributed by atoms with Crippen molar-refractivity contribution < 1.29 is 0 Å². The van der Waals surface area contributed by atoms with E-state index in [1.165, 1.54) is 12.8 Å². The van der Waals surface area contributed by atoms with Crippen LogP contribution in [0.5, 0.6) is 0 Å². The van der Waals surface area contributed by atoms with Crippen LogP contribution in [-0.4, -0.2) is 23.6 Å². The van der Waals surface area contributed by atoms with Crippen LogP contribution in [0.1, 0.15) is 40.5 Å². The highest BCUT2D eigenvalue weighted by Crippen LogP contribution is 2.54. The van der Waals surface area contributed by atoms with Crippen molar-refractivity contribution in [1.82, 2.24) is 0 Å². The minimum absolute atomic E-state index is 0.525. The van der Waals surface area contributed by atoms with Gasteiger partial charge in [0.15, 0.2) is 0 Å². The summed E-state index contributed by atoms with van der Waals surface area (Å²) in [7, 11) is 1.08. The number of hydrogen-bond donors (Lipinski definition) is 0. The first-order valence-electron chi connectivity index (χ1n) is 5.06. The van der Waals surface area contributed by atoms with Gasteiger partial charge in [0.2, 0.25) is 0 Å². The van der Waals surface area contributed by atoms with Gasteiger partial charge in [-0.2, -0.15) is 0 Å². The van der Waals surface area contributed by atoms with E-state index in [0.717, 1.165) is 21.0 Å². The molecule has 1 aliphatic heterocycles. The first-order chi connectivity index (χ1) is 5.85. The second-order valence-corrected chi connectivity index (χ2v) is 8.53. The summed E-state index contributed by atoms with van der Waals surface area (Å²) in [6.07, 6.45) is 2.65. The lowest BCUT2D eigenvalue weighted by molar-refractivity contribution is 0.350. The zero-order valence-electron chi connectivity index (χ0n) is 9.35. The van der Waals surface area contributed by atoms with Gasteiger partial charge in [-0.1, -0.05) is 27.7 Å². The predicted molar refractivity (Wildman–Crippen MR) is 63.6 cm³/mol. The fraction of sp³-hybridized carbons (Fsp3) is 0.909. The molecule has 1 nitrogen and oxygen atoms in total. The van der Waals surface area contributed by atoms with Gasteiger partial charge in [-0.25, -0.2) is 0 Å². The monoisotopic (exact) mass is 199 g/mol. The number of hydrogen-bond acceptors (Lipinski definition) is 1. The smallest absolute Gasteiger partial charge is 0.0411 e. The third-order valence-electron chi connectivity index (χ3n) is 2.66. The van der Waals surface area contributed by atoms with E-state index in [1.54, 1.807) is 0 Å². The van der Waals surface area contributed by atoms with Crippen molar-refractivity contribution in [2.24, 2.45) is 10.9 Å². The number of rotatable bonds is 2. The summed E-state index contributed by atoms with van der Waals surface area (Å²) >= 11 is 0. The van der Waals surface area contributed by atoms with Crippen LogP contribution in [-0.2, 0) is 0 Å². The van der Waals surface area contributed by atoms with Gasteiger partial charge in [0.1, 0.15) is 0 Å². The lowest BCUT2D eigenvalue weighted by Gasteiger charge is -2.44. The summed E-state index contributed by atoms with van der Waals surface area (Å²) in [5.74, 6) is 0.767.